The fraction of sp³-hybridized carbons (Fsp3) is 0.533. The molecule has 0 aromatic carbocycles. The fourth-order valence-electron chi connectivity index (χ4n) is 1.62. The Morgan fingerprint density at radius 3 is 2.36 bits per heavy atom. The SMILES string of the molecule is Cc1cccc(CN(NC(=O)OC(C)C)C(=O)OC(C)C)n1. The lowest BCUT2D eigenvalue weighted by molar-refractivity contribution is 0.0440. The Balaban J connectivity index is 2.81. The quantitative estimate of drug-likeness (QED) is 0.865. The van der Waals surface area contributed by atoms with E-state index in [0.29, 0.717) is 5.69 Å². The zero-order valence-corrected chi connectivity index (χ0v) is 13.6. The van der Waals surface area contributed by atoms with Crippen molar-refractivity contribution in [3.05, 3.63) is 29.6 Å². The number of rotatable bonds is 4. The Kier molecular flexibility index (Phi) is 6.62. The lowest BCUT2D eigenvalue weighted by atomic mass is 10.3. The van der Waals surface area contributed by atoms with Crippen LogP contribution in [0.2, 0.25) is 0 Å². The minimum Gasteiger partial charge on any atom is -0.446 e. The van der Waals surface area contributed by atoms with Crippen molar-refractivity contribution in [3.8, 4) is 0 Å². The van der Waals surface area contributed by atoms with Gasteiger partial charge in [-0.15, -0.1) is 0 Å². The zero-order chi connectivity index (χ0) is 16.7. The summed E-state index contributed by atoms with van der Waals surface area (Å²) in [6, 6.07) is 5.44. The van der Waals surface area contributed by atoms with Gasteiger partial charge in [0.1, 0.15) is 0 Å². The first-order chi connectivity index (χ1) is 10.3. The van der Waals surface area contributed by atoms with Gasteiger partial charge < -0.3 is 9.47 Å². The van der Waals surface area contributed by atoms with Crippen molar-refractivity contribution in [1.29, 1.82) is 0 Å². The molecule has 0 atom stereocenters. The number of hydrogen-bond donors (Lipinski definition) is 1. The van der Waals surface area contributed by atoms with Gasteiger partial charge in [0, 0.05) is 5.69 Å². The maximum atomic E-state index is 12.1. The summed E-state index contributed by atoms with van der Waals surface area (Å²) < 4.78 is 10.1. The second kappa shape index (κ2) is 8.21. The van der Waals surface area contributed by atoms with Crippen LogP contribution in [0.4, 0.5) is 9.59 Å². The number of amides is 2. The van der Waals surface area contributed by atoms with Crippen LogP contribution in [0, 0.1) is 6.92 Å². The molecule has 2 amide bonds. The summed E-state index contributed by atoms with van der Waals surface area (Å²) in [5.41, 5.74) is 3.83. The van der Waals surface area contributed by atoms with Crippen molar-refractivity contribution in [2.75, 3.05) is 0 Å². The van der Waals surface area contributed by atoms with Gasteiger partial charge in [-0.25, -0.2) is 20.0 Å². The average molecular weight is 309 g/mol. The summed E-state index contributed by atoms with van der Waals surface area (Å²) in [6.07, 6.45) is -1.98. The molecule has 0 fully saturated rings. The Hall–Kier alpha value is -2.31. The molecule has 0 radical (unpaired) electrons. The predicted molar refractivity (Wildman–Crippen MR) is 80.9 cm³/mol. The average Bonchev–Trinajstić information content (AvgIpc) is 2.36. The minimum atomic E-state index is -0.719. The maximum Gasteiger partial charge on any atom is 0.429 e. The van der Waals surface area contributed by atoms with E-state index in [9.17, 15) is 9.59 Å². The van der Waals surface area contributed by atoms with Crippen LogP contribution in [-0.2, 0) is 16.0 Å². The van der Waals surface area contributed by atoms with Gasteiger partial charge in [-0.05, 0) is 46.8 Å². The molecule has 0 saturated carbocycles. The van der Waals surface area contributed by atoms with E-state index in [1.54, 1.807) is 33.8 Å². The van der Waals surface area contributed by atoms with Gasteiger partial charge in [0.25, 0.3) is 0 Å². The molecule has 1 rings (SSSR count). The molecule has 0 bridgehead atoms. The number of ether oxygens (including phenoxy) is 2. The lowest BCUT2D eigenvalue weighted by Gasteiger charge is -2.23. The summed E-state index contributed by atoms with van der Waals surface area (Å²) in [7, 11) is 0. The molecular weight excluding hydrogens is 286 g/mol. The van der Waals surface area contributed by atoms with E-state index in [1.165, 1.54) is 0 Å². The summed E-state index contributed by atoms with van der Waals surface area (Å²) in [6.45, 7) is 8.83. The molecule has 0 aliphatic heterocycles. The van der Waals surface area contributed by atoms with Crippen molar-refractivity contribution in [1.82, 2.24) is 15.4 Å². The number of aromatic nitrogens is 1. The Morgan fingerprint density at radius 2 is 1.82 bits per heavy atom. The third-order valence-electron chi connectivity index (χ3n) is 2.39. The zero-order valence-electron chi connectivity index (χ0n) is 13.6. The van der Waals surface area contributed by atoms with Gasteiger partial charge >= 0.3 is 12.2 Å². The molecule has 0 aliphatic carbocycles. The highest BCUT2D eigenvalue weighted by molar-refractivity contribution is 5.74. The summed E-state index contributed by atoms with van der Waals surface area (Å²) in [5.74, 6) is 0. The summed E-state index contributed by atoms with van der Waals surface area (Å²) in [4.78, 5) is 28.1. The van der Waals surface area contributed by atoms with Crippen LogP contribution < -0.4 is 5.43 Å². The summed E-state index contributed by atoms with van der Waals surface area (Å²) in [5, 5.41) is 1.05. The number of nitrogens with one attached hydrogen (secondary N) is 1. The first-order valence-corrected chi connectivity index (χ1v) is 7.16. The minimum absolute atomic E-state index is 0.0838. The number of carbonyl (C=O) groups is 2. The molecule has 1 aromatic heterocycles. The fourth-order valence-corrected chi connectivity index (χ4v) is 1.62. The van der Waals surface area contributed by atoms with E-state index in [-0.39, 0.29) is 18.8 Å². The van der Waals surface area contributed by atoms with Crippen LogP contribution in [0.5, 0.6) is 0 Å². The smallest absolute Gasteiger partial charge is 0.429 e. The van der Waals surface area contributed by atoms with Crippen LogP contribution in [0.25, 0.3) is 0 Å². The Morgan fingerprint density at radius 1 is 1.18 bits per heavy atom. The Bertz CT molecular complexity index is 517. The standard InChI is InChI=1S/C15H23N3O4/c1-10(2)21-14(19)17-18(15(20)22-11(3)4)9-13-8-6-7-12(5)16-13/h6-8,10-11H,9H2,1-5H3,(H,17,19). The molecule has 1 aromatic rings. The van der Waals surface area contributed by atoms with Crippen LogP contribution in [0.15, 0.2) is 18.2 Å². The highest BCUT2D eigenvalue weighted by Gasteiger charge is 2.21. The third kappa shape index (κ3) is 6.43. The molecule has 1 N–H and O–H groups in total. The summed E-state index contributed by atoms with van der Waals surface area (Å²) >= 11 is 0. The van der Waals surface area contributed by atoms with Crippen LogP contribution in [0.1, 0.15) is 39.1 Å². The molecule has 1 heterocycles. The number of hydrazine groups is 1. The molecule has 0 unspecified atom stereocenters. The van der Waals surface area contributed by atoms with Gasteiger partial charge in [0.15, 0.2) is 0 Å². The van der Waals surface area contributed by atoms with Gasteiger partial charge in [-0.2, -0.15) is 0 Å². The van der Waals surface area contributed by atoms with Crippen LogP contribution in [-0.4, -0.2) is 34.4 Å². The molecule has 0 saturated heterocycles. The van der Waals surface area contributed by atoms with Crippen LogP contribution in [0.3, 0.4) is 0 Å². The van der Waals surface area contributed by atoms with E-state index < -0.39 is 12.2 Å². The van der Waals surface area contributed by atoms with Crippen molar-refractivity contribution in [2.24, 2.45) is 0 Å². The van der Waals surface area contributed by atoms with E-state index in [2.05, 4.69) is 10.4 Å². The molecule has 0 spiro atoms. The van der Waals surface area contributed by atoms with Gasteiger partial charge in [-0.1, -0.05) is 6.07 Å². The van der Waals surface area contributed by atoms with E-state index in [1.807, 2.05) is 19.1 Å². The Labute approximate surface area is 130 Å². The highest BCUT2D eigenvalue weighted by Crippen LogP contribution is 2.05. The second-order valence-electron chi connectivity index (χ2n) is 5.35. The number of nitrogens with zero attached hydrogens (tertiary/aromatic N) is 2. The normalized spacial score (nSPS) is 10.5. The van der Waals surface area contributed by atoms with Gasteiger partial charge in [0.2, 0.25) is 0 Å². The monoisotopic (exact) mass is 309 g/mol. The van der Waals surface area contributed by atoms with Crippen molar-refractivity contribution >= 4 is 12.2 Å². The molecule has 7 heteroatoms. The van der Waals surface area contributed by atoms with Crippen molar-refractivity contribution < 1.29 is 19.1 Å². The number of aryl methyl sites for hydroxylation is 1. The van der Waals surface area contributed by atoms with Crippen molar-refractivity contribution in [2.45, 2.75) is 53.4 Å². The number of carbonyl (C=O) groups excluding carboxylic acids is 2. The van der Waals surface area contributed by atoms with Gasteiger partial charge in [0.05, 0.1) is 24.4 Å². The van der Waals surface area contributed by atoms with Crippen molar-refractivity contribution in [3.63, 3.8) is 0 Å². The maximum absolute atomic E-state index is 12.1. The molecule has 0 aliphatic rings. The third-order valence-corrected chi connectivity index (χ3v) is 2.39. The van der Waals surface area contributed by atoms with Crippen LogP contribution >= 0.6 is 0 Å². The topological polar surface area (TPSA) is 80.8 Å². The number of hydrogen-bond acceptors (Lipinski definition) is 5. The first-order valence-electron chi connectivity index (χ1n) is 7.16. The number of pyridine rings is 1. The van der Waals surface area contributed by atoms with E-state index in [0.717, 1.165) is 10.7 Å². The predicted octanol–water partition coefficient (Wildman–Crippen LogP) is 2.79. The molecule has 22 heavy (non-hydrogen) atoms. The lowest BCUT2D eigenvalue weighted by Crippen LogP contribution is -2.47. The molecule has 122 valence electrons. The van der Waals surface area contributed by atoms with E-state index >= 15 is 0 Å². The molecular formula is C15H23N3O4. The van der Waals surface area contributed by atoms with E-state index in [4.69, 9.17) is 9.47 Å². The first kappa shape index (κ1) is 17.7. The largest absolute Gasteiger partial charge is 0.446 e. The molecule has 7 nitrogen and oxygen atoms in total. The van der Waals surface area contributed by atoms with Gasteiger partial charge in [-0.3, -0.25) is 4.98 Å². The highest BCUT2D eigenvalue weighted by atomic mass is 16.6. The second-order valence-corrected chi connectivity index (χ2v) is 5.35.